The number of anilines is 3. The summed E-state index contributed by atoms with van der Waals surface area (Å²) < 4.78 is 7.19. The Bertz CT molecular complexity index is 1570. The Morgan fingerprint density at radius 2 is 1.83 bits per heavy atom. The van der Waals surface area contributed by atoms with E-state index in [1.807, 2.05) is 44.4 Å². The molecule has 3 heterocycles. The molecular weight excluding hydrogens is 556 g/mol. The first kappa shape index (κ1) is 28.6. The predicted molar refractivity (Wildman–Crippen MR) is 169 cm³/mol. The second-order valence-corrected chi connectivity index (χ2v) is 11.0. The average Bonchev–Trinajstić information content (AvgIpc) is 3.45. The molecule has 212 valence electrons. The van der Waals surface area contributed by atoms with Gasteiger partial charge in [-0.2, -0.15) is 0 Å². The van der Waals surface area contributed by atoms with Gasteiger partial charge in [0.15, 0.2) is 5.11 Å². The number of hydrogen-bond acceptors (Lipinski definition) is 5. The number of ether oxygens (including phenoxy) is 1. The van der Waals surface area contributed by atoms with Crippen LogP contribution in [0.2, 0.25) is 5.02 Å². The summed E-state index contributed by atoms with van der Waals surface area (Å²) in [5, 5.41) is 7.28. The van der Waals surface area contributed by atoms with E-state index in [-0.39, 0.29) is 24.6 Å². The molecule has 0 unspecified atom stereocenters. The Hall–Kier alpha value is -3.92. The monoisotopic (exact) mass is 588 g/mol. The van der Waals surface area contributed by atoms with E-state index in [1.54, 1.807) is 12.3 Å². The van der Waals surface area contributed by atoms with Crippen LogP contribution in [0.3, 0.4) is 0 Å². The lowest BCUT2D eigenvalue weighted by Crippen LogP contribution is -2.29. The van der Waals surface area contributed by atoms with Crippen LogP contribution < -0.4 is 20.4 Å². The number of rotatable bonds is 8. The first-order valence-electron chi connectivity index (χ1n) is 13.2. The lowest BCUT2D eigenvalue weighted by molar-refractivity contribution is -0.119. The normalized spacial score (nSPS) is 16.5. The van der Waals surface area contributed by atoms with Gasteiger partial charge >= 0.3 is 0 Å². The molecule has 10 heteroatoms. The molecule has 1 amide bonds. The minimum atomic E-state index is -0.278. The highest BCUT2D eigenvalue weighted by atomic mass is 35.5. The van der Waals surface area contributed by atoms with Gasteiger partial charge in [0.2, 0.25) is 5.91 Å². The molecule has 0 radical (unpaired) electrons. The van der Waals surface area contributed by atoms with E-state index in [2.05, 4.69) is 74.2 Å². The smallest absolute Gasteiger partial charge is 0.250 e. The van der Waals surface area contributed by atoms with Crippen molar-refractivity contribution in [1.82, 2.24) is 14.9 Å². The third kappa shape index (κ3) is 5.66. The van der Waals surface area contributed by atoms with Gasteiger partial charge < -0.3 is 29.7 Å². The molecule has 5 rings (SSSR count). The lowest BCUT2D eigenvalue weighted by Gasteiger charge is -2.28. The number of aromatic nitrogens is 2. The Labute approximate surface area is 250 Å². The average molecular weight is 589 g/mol. The molecule has 8 nitrogen and oxygen atoms in total. The van der Waals surface area contributed by atoms with Gasteiger partial charge in [0, 0.05) is 55.9 Å². The van der Waals surface area contributed by atoms with Crippen LogP contribution in [0.5, 0.6) is 0 Å². The van der Waals surface area contributed by atoms with Crippen molar-refractivity contribution in [2.45, 2.75) is 25.9 Å². The highest BCUT2D eigenvalue weighted by Crippen LogP contribution is 2.44. The summed E-state index contributed by atoms with van der Waals surface area (Å²) >= 11 is 12.6. The van der Waals surface area contributed by atoms with Crippen molar-refractivity contribution >= 4 is 51.9 Å². The Balaban J connectivity index is 1.59. The number of hydrogen-bond donors (Lipinski definition) is 2. The largest absolute Gasteiger partial charge is 0.378 e. The summed E-state index contributed by atoms with van der Waals surface area (Å²) in [5.74, 6) is -0.278. The van der Waals surface area contributed by atoms with Gasteiger partial charge in [0.05, 0.1) is 28.5 Å². The van der Waals surface area contributed by atoms with Gasteiger partial charge in [-0.05, 0) is 92.3 Å². The van der Waals surface area contributed by atoms with Crippen LogP contribution in [-0.2, 0) is 9.53 Å². The van der Waals surface area contributed by atoms with Gasteiger partial charge in [0.1, 0.15) is 6.61 Å². The number of halogens is 1. The van der Waals surface area contributed by atoms with E-state index >= 15 is 0 Å². The molecule has 0 saturated carbocycles. The fourth-order valence-corrected chi connectivity index (χ4v) is 5.97. The maximum atomic E-state index is 12.1. The summed E-state index contributed by atoms with van der Waals surface area (Å²) in [7, 11) is 5.54. The third-order valence-electron chi connectivity index (χ3n) is 7.29. The molecule has 0 aliphatic carbocycles. The fraction of sp³-hybridized carbons (Fsp3) is 0.258. The quantitative estimate of drug-likeness (QED) is 0.246. The molecule has 1 aliphatic heterocycles. The van der Waals surface area contributed by atoms with Crippen LogP contribution in [0, 0.1) is 13.8 Å². The number of carbonyl (C=O) groups is 1. The molecule has 1 aliphatic rings. The van der Waals surface area contributed by atoms with E-state index in [0.29, 0.717) is 15.8 Å². The summed E-state index contributed by atoms with van der Waals surface area (Å²) in [4.78, 5) is 20.9. The number of amides is 1. The molecule has 0 bridgehead atoms. The first-order chi connectivity index (χ1) is 19.7. The van der Waals surface area contributed by atoms with Crippen molar-refractivity contribution in [3.05, 3.63) is 101 Å². The van der Waals surface area contributed by atoms with Crippen LogP contribution in [0.4, 0.5) is 17.1 Å². The Morgan fingerprint density at radius 3 is 2.46 bits per heavy atom. The lowest BCUT2D eigenvalue weighted by atomic mass is 9.96. The van der Waals surface area contributed by atoms with Crippen LogP contribution in [-0.4, -0.2) is 48.4 Å². The minimum Gasteiger partial charge on any atom is -0.378 e. The van der Waals surface area contributed by atoms with Gasteiger partial charge in [0.25, 0.3) is 0 Å². The maximum Gasteiger partial charge on any atom is 0.250 e. The molecule has 1 fully saturated rings. The van der Waals surface area contributed by atoms with Gasteiger partial charge in [-0.15, -0.1) is 0 Å². The van der Waals surface area contributed by atoms with Crippen molar-refractivity contribution in [2.24, 2.45) is 0 Å². The molecule has 4 aromatic rings. The Kier molecular flexibility index (Phi) is 8.30. The third-order valence-corrected chi connectivity index (χ3v) is 7.92. The number of nitrogens with zero attached hydrogens (tertiary/aromatic N) is 4. The number of pyridine rings is 1. The van der Waals surface area contributed by atoms with Crippen molar-refractivity contribution in [1.29, 1.82) is 0 Å². The number of nitrogens with one attached hydrogen (secondary N) is 2. The molecule has 0 spiro atoms. The highest BCUT2D eigenvalue weighted by molar-refractivity contribution is 7.80. The molecule has 41 heavy (non-hydrogen) atoms. The summed E-state index contributed by atoms with van der Waals surface area (Å²) in [5.41, 5.74) is 7.77. The number of thiocarbonyl (C=S) groups is 1. The van der Waals surface area contributed by atoms with E-state index < -0.39 is 0 Å². The number of benzene rings is 2. The standard InChI is InChI=1S/C31H33ClN6O2S/c1-19-16-24(20(2)37(19)22-11-9-21(10-12-22)36(3)4)30-29(27-8-6-7-15-33-27)35-31(41)38(30)23-13-14-26(25(32)17-23)34-28(39)18-40-5/h6-17,29-30H,18H2,1-5H3,(H,34,39)(H,35,41)/t29-,30+/m0/s1. The Morgan fingerprint density at radius 1 is 1.10 bits per heavy atom. The molecule has 2 aromatic heterocycles. The molecule has 2 atom stereocenters. The van der Waals surface area contributed by atoms with Crippen molar-refractivity contribution in [2.75, 3.05) is 42.9 Å². The predicted octanol–water partition coefficient (Wildman–Crippen LogP) is 5.97. The van der Waals surface area contributed by atoms with Gasteiger partial charge in [-0.25, -0.2) is 0 Å². The number of carbonyl (C=O) groups excluding carboxylic acids is 1. The summed E-state index contributed by atoms with van der Waals surface area (Å²) in [6.45, 7) is 4.20. The van der Waals surface area contributed by atoms with Crippen LogP contribution in [0.25, 0.3) is 5.69 Å². The maximum absolute atomic E-state index is 12.1. The van der Waals surface area contributed by atoms with Crippen LogP contribution in [0.15, 0.2) is 72.9 Å². The van der Waals surface area contributed by atoms with Crippen LogP contribution >= 0.6 is 23.8 Å². The molecule has 1 saturated heterocycles. The summed E-state index contributed by atoms with van der Waals surface area (Å²) in [6.07, 6.45) is 1.80. The molecule has 2 N–H and O–H groups in total. The molecular formula is C31H33ClN6O2S. The van der Waals surface area contributed by atoms with E-state index in [4.69, 9.17) is 28.6 Å². The second kappa shape index (κ2) is 11.9. The van der Waals surface area contributed by atoms with Crippen molar-refractivity contribution in [3.8, 4) is 5.69 Å². The first-order valence-corrected chi connectivity index (χ1v) is 14.0. The second-order valence-electron chi connectivity index (χ2n) is 10.2. The zero-order valence-electron chi connectivity index (χ0n) is 23.7. The van der Waals surface area contributed by atoms with Crippen LogP contribution in [0.1, 0.15) is 34.7 Å². The van der Waals surface area contributed by atoms with Gasteiger partial charge in [-0.3, -0.25) is 9.78 Å². The SMILES string of the molecule is COCC(=O)Nc1ccc(N2C(=S)N[C@@H](c3ccccn3)[C@H]2c2cc(C)n(-c3ccc(N(C)C)cc3)c2C)cc1Cl. The minimum absolute atomic E-state index is 0.0560. The van der Waals surface area contributed by atoms with Crippen molar-refractivity contribution < 1.29 is 9.53 Å². The number of aryl methyl sites for hydroxylation is 1. The topological polar surface area (TPSA) is 74.7 Å². The zero-order valence-corrected chi connectivity index (χ0v) is 25.3. The van der Waals surface area contributed by atoms with Crippen molar-refractivity contribution in [3.63, 3.8) is 0 Å². The number of methoxy groups -OCH3 is 1. The highest BCUT2D eigenvalue weighted by Gasteiger charge is 2.42. The fourth-order valence-electron chi connectivity index (χ4n) is 5.41. The van der Waals surface area contributed by atoms with E-state index in [0.717, 1.165) is 39.7 Å². The van der Waals surface area contributed by atoms with E-state index in [9.17, 15) is 4.79 Å². The summed E-state index contributed by atoms with van der Waals surface area (Å²) in [6, 6.07) is 21.8. The van der Waals surface area contributed by atoms with E-state index in [1.165, 1.54) is 7.11 Å². The molecule has 2 aromatic carbocycles. The zero-order chi connectivity index (χ0) is 29.3. The van der Waals surface area contributed by atoms with Gasteiger partial charge in [-0.1, -0.05) is 17.7 Å².